The van der Waals surface area contributed by atoms with Crippen molar-refractivity contribution in [3.63, 3.8) is 0 Å². The molecule has 1 aromatic rings. The number of nitrogens with one attached hydrogen (secondary N) is 1. The van der Waals surface area contributed by atoms with Crippen LogP contribution >= 0.6 is 15.9 Å². The molecule has 1 aliphatic carbocycles. The summed E-state index contributed by atoms with van der Waals surface area (Å²) in [6, 6.07) is 5.68. The maximum Gasteiger partial charge on any atom is 0.127 e. The van der Waals surface area contributed by atoms with E-state index in [4.69, 9.17) is 0 Å². The van der Waals surface area contributed by atoms with Crippen LogP contribution in [-0.2, 0) is 6.54 Å². The van der Waals surface area contributed by atoms with Crippen molar-refractivity contribution in [1.82, 2.24) is 5.32 Å². The molecule has 2 rings (SSSR count). The molecule has 0 amide bonds. The minimum atomic E-state index is -0.119. The molecule has 1 aliphatic rings. The smallest absolute Gasteiger partial charge is 0.127 e. The summed E-state index contributed by atoms with van der Waals surface area (Å²) in [7, 11) is 0. The van der Waals surface area contributed by atoms with Crippen molar-refractivity contribution in [3.05, 3.63) is 34.1 Å². The largest absolute Gasteiger partial charge is 0.310 e. The highest BCUT2D eigenvalue weighted by molar-refractivity contribution is 9.10. The van der Waals surface area contributed by atoms with Crippen molar-refractivity contribution < 1.29 is 4.39 Å². The lowest BCUT2D eigenvalue weighted by Gasteiger charge is -2.32. The van der Waals surface area contributed by atoms with E-state index in [1.165, 1.54) is 31.7 Å². The van der Waals surface area contributed by atoms with Crippen LogP contribution in [0.15, 0.2) is 22.7 Å². The Bertz CT molecular complexity index is 419. The summed E-state index contributed by atoms with van der Waals surface area (Å²) in [5.41, 5.74) is 0.751. The fourth-order valence-corrected chi connectivity index (χ4v) is 3.36. The Kier molecular flexibility index (Phi) is 5.40. The molecule has 3 heteroatoms. The Morgan fingerprint density at radius 2 is 2.16 bits per heavy atom. The van der Waals surface area contributed by atoms with E-state index in [1.807, 2.05) is 6.07 Å². The first kappa shape index (κ1) is 15.0. The number of rotatable bonds is 4. The zero-order valence-corrected chi connectivity index (χ0v) is 13.3. The summed E-state index contributed by atoms with van der Waals surface area (Å²) >= 11 is 3.40. The SMILES string of the molecule is CC(C)C1CCCC(NCc2cc(Br)ccc2F)C1. The van der Waals surface area contributed by atoms with E-state index in [-0.39, 0.29) is 5.82 Å². The third kappa shape index (κ3) is 4.28. The molecule has 106 valence electrons. The van der Waals surface area contributed by atoms with Gasteiger partial charge in [-0.3, -0.25) is 0 Å². The van der Waals surface area contributed by atoms with Gasteiger partial charge in [-0.05, 0) is 42.9 Å². The Hall–Kier alpha value is -0.410. The number of hydrogen-bond acceptors (Lipinski definition) is 1. The molecular formula is C16H23BrFN. The van der Waals surface area contributed by atoms with Gasteiger partial charge in [0.25, 0.3) is 0 Å². The molecule has 0 saturated heterocycles. The lowest BCUT2D eigenvalue weighted by Crippen LogP contribution is -2.35. The van der Waals surface area contributed by atoms with Gasteiger partial charge in [-0.25, -0.2) is 4.39 Å². The van der Waals surface area contributed by atoms with Gasteiger partial charge in [-0.2, -0.15) is 0 Å². The molecule has 1 saturated carbocycles. The van der Waals surface area contributed by atoms with Gasteiger partial charge in [0.05, 0.1) is 0 Å². The van der Waals surface area contributed by atoms with Crippen molar-refractivity contribution in [1.29, 1.82) is 0 Å². The van der Waals surface area contributed by atoms with E-state index in [0.29, 0.717) is 12.6 Å². The second-order valence-electron chi connectivity index (χ2n) is 5.98. The minimum Gasteiger partial charge on any atom is -0.310 e. The minimum absolute atomic E-state index is 0.119. The zero-order chi connectivity index (χ0) is 13.8. The Morgan fingerprint density at radius 3 is 2.89 bits per heavy atom. The summed E-state index contributed by atoms with van der Waals surface area (Å²) < 4.78 is 14.6. The highest BCUT2D eigenvalue weighted by atomic mass is 79.9. The van der Waals surface area contributed by atoms with Gasteiger partial charge in [0.15, 0.2) is 0 Å². The highest BCUT2D eigenvalue weighted by Crippen LogP contribution is 2.30. The van der Waals surface area contributed by atoms with Crippen LogP contribution in [0.25, 0.3) is 0 Å². The number of hydrogen-bond donors (Lipinski definition) is 1. The molecule has 1 fully saturated rings. The van der Waals surface area contributed by atoms with Crippen LogP contribution in [0.5, 0.6) is 0 Å². The third-order valence-electron chi connectivity index (χ3n) is 4.25. The molecule has 1 N–H and O–H groups in total. The first-order chi connectivity index (χ1) is 9.06. The first-order valence-electron chi connectivity index (χ1n) is 7.23. The van der Waals surface area contributed by atoms with Crippen LogP contribution in [0.1, 0.15) is 45.1 Å². The molecule has 0 aliphatic heterocycles. The van der Waals surface area contributed by atoms with Crippen LogP contribution in [0.3, 0.4) is 0 Å². The number of halogens is 2. The molecule has 0 bridgehead atoms. The van der Waals surface area contributed by atoms with Crippen LogP contribution in [0, 0.1) is 17.7 Å². The quantitative estimate of drug-likeness (QED) is 0.829. The second-order valence-corrected chi connectivity index (χ2v) is 6.90. The molecule has 0 radical (unpaired) electrons. The molecule has 2 atom stereocenters. The Labute approximate surface area is 124 Å². The van der Waals surface area contributed by atoms with E-state index >= 15 is 0 Å². The topological polar surface area (TPSA) is 12.0 Å². The standard InChI is InChI=1S/C16H23BrFN/c1-11(2)12-4-3-5-15(9-12)19-10-13-8-14(17)6-7-16(13)18/h6-8,11-12,15,19H,3-5,9-10H2,1-2H3. The predicted octanol–water partition coefficient (Wildman–Crippen LogP) is 4.89. The van der Waals surface area contributed by atoms with Gasteiger partial charge < -0.3 is 5.32 Å². The van der Waals surface area contributed by atoms with Gasteiger partial charge in [0.1, 0.15) is 5.82 Å². The average molecular weight is 328 g/mol. The monoisotopic (exact) mass is 327 g/mol. The fourth-order valence-electron chi connectivity index (χ4n) is 2.95. The maximum absolute atomic E-state index is 13.7. The Balaban J connectivity index is 1.89. The summed E-state index contributed by atoms with van der Waals surface area (Å²) in [6.07, 6.45) is 5.09. The van der Waals surface area contributed by atoms with E-state index in [2.05, 4.69) is 35.1 Å². The van der Waals surface area contributed by atoms with Crippen LogP contribution in [0.4, 0.5) is 4.39 Å². The van der Waals surface area contributed by atoms with E-state index in [0.717, 1.165) is 21.9 Å². The summed E-state index contributed by atoms with van der Waals surface area (Å²) in [6.45, 7) is 5.24. The lowest BCUT2D eigenvalue weighted by atomic mass is 9.79. The molecule has 0 spiro atoms. The second kappa shape index (κ2) is 6.85. The Morgan fingerprint density at radius 1 is 1.37 bits per heavy atom. The molecule has 19 heavy (non-hydrogen) atoms. The first-order valence-corrected chi connectivity index (χ1v) is 8.03. The van der Waals surface area contributed by atoms with Gasteiger partial charge in [-0.1, -0.05) is 42.6 Å². The van der Waals surface area contributed by atoms with Crippen molar-refractivity contribution in [2.45, 2.75) is 52.1 Å². The van der Waals surface area contributed by atoms with Gasteiger partial charge >= 0.3 is 0 Å². The molecule has 0 heterocycles. The lowest BCUT2D eigenvalue weighted by molar-refractivity contribution is 0.230. The van der Waals surface area contributed by atoms with Gasteiger partial charge in [0, 0.05) is 22.6 Å². The maximum atomic E-state index is 13.7. The molecule has 0 aromatic heterocycles. The van der Waals surface area contributed by atoms with Crippen LogP contribution < -0.4 is 5.32 Å². The summed E-state index contributed by atoms with van der Waals surface area (Å²) in [4.78, 5) is 0. The predicted molar refractivity (Wildman–Crippen MR) is 81.5 cm³/mol. The van der Waals surface area contributed by atoms with Crippen molar-refractivity contribution in [2.24, 2.45) is 11.8 Å². The zero-order valence-electron chi connectivity index (χ0n) is 11.8. The third-order valence-corrected chi connectivity index (χ3v) is 4.74. The normalized spacial score (nSPS) is 23.8. The van der Waals surface area contributed by atoms with Crippen LogP contribution in [-0.4, -0.2) is 6.04 Å². The molecule has 1 aromatic carbocycles. The summed E-state index contributed by atoms with van der Waals surface area (Å²) in [5, 5.41) is 3.53. The van der Waals surface area contributed by atoms with E-state index < -0.39 is 0 Å². The molecular weight excluding hydrogens is 305 g/mol. The molecule has 2 unspecified atom stereocenters. The highest BCUT2D eigenvalue weighted by Gasteiger charge is 2.23. The molecule has 1 nitrogen and oxygen atoms in total. The average Bonchev–Trinajstić information content (AvgIpc) is 2.40. The van der Waals surface area contributed by atoms with Crippen molar-refractivity contribution in [3.8, 4) is 0 Å². The van der Waals surface area contributed by atoms with Crippen molar-refractivity contribution >= 4 is 15.9 Å². The summed E-state index contributed by atoms with van der Waals surface area (Å²) in [5.74, 6) is 1.46. The number of benzene rings is 1. The van der Waals surface area contributed by atoms with Gasteiger partial charge in [0.2, 0.25) is 0 Å². The van der Waals surface area contributed by atoms with Gasteiger partial charge in [-0.15, -0.1) is 0 Å². The van der Waals surface area contributed by atoms with Crippen molar-refractivity contribution in [2.75, 3.05) is 0 Å². The van der Waals surface area contributed by atoms with Crippen LogP contribution in [0.2, 0.25) is 0 Å². The fraction of sp³-hybridized carbons (Fsp3) is 0.625. The van der Waals surface area contributed by atoms with E-state index in [9.17, 15) is 4.39 Å². The van der Waals surface area contributed by atoms with E-state index in [1.54, 1.807) is 6.07 Å².